The van der Waals surface area contributed by atoms with Crippen molar-refractivity contribution in [3.63, 3.8) is 0 Å². The third kappa shape index (κ3) is 5.39. The summed E-state index contributed by atoms with van der Waals surface area (Å²) >= 11 is 1.72. The maximum atomic E-state index is 10.6. The first-order valence-electron chi connectivity index (χ1n) is 5.31. The SMILES string of the molecule is CC(CSCCN1CCOCC1)C(=O)O. The van der Waals surface area contributed by atoms with Crippen molar-refractivity contribution in [3.8, 4) is 0 Å². The fraction of sp³-hybridized carbons (Fsp3) is 0.900. The monoisotopic (exact) mass is 233 g/mol. The molecule has 15 heavy (non-hydrogen) atoms. The maximum absolute atomic E-state index is 10.6. The van der Waals surface area contributed by atoms with Crippen molar-refractivity contribution in [1.29, 1.82) is 0 Å². The van der Waals surface area contributed by atoms with Crippen LogP contribution in [-0.4, -0.2) is 60.3 Å². The first-order chi connectivity index (χ1) is 7.20. The second kappa shape index (κ2) is 7.09. The van der Waals surface area contributed by atoms with Gasteiger partial charge in [-0.2, -0.15) is 11.8 Å². The quantitative estimate of drug-likeness (QED) is 0.687. The molecule has 1 fully saturated rings. The average molecular weight is 233 g/mol. The molecular weight excluding hydrogens is 214 g/mol. The van der Waals surface area contributed by atoms with Crippen LogP contribution in [-0.2, 0) is 9.53 Å². The molecule has 0 aromatic heterocycles. The topological polar surface area (TPSA) is 49.8 Å². The van der Waals surface area contributed by atoms with Crippen molar-refractivity contribution in [3.05, 3.63) is 0 Å². The Morgan fingerprint density at radius 1 is 1.53 bits per heavy atom. The van der Waals surface area contributed by atoms with Crippen molar-refractivity contribution in [1.82, 2.24) is 4.90 Å². The van der Waals surface area contributed by atoms with E-state index < -0.39 is 5.97 Å². The van der Waals surface area contributed by atoms with Gasteiger partial charge in [0.05, 0.1) is 19.1 Å². The van der Waals surface area contributed by atoms with E-state index in [1.54, 1.807) is 18.7 Å². The fourth-order valence-electron chi connectivity index (χ4n) is 1.35. The number of aliphatic carboxylic acids is 1. The molecule has 0 amide bonds. The van der Waals surface area contributed by atoms with Gasteiger partial charge in [-0.15, -0.1) is 0 Å². The van der Waals surface area contributed by atoms with Crippen molar-refractivity contribution >= 4 is 17.7 Å². The number of hydrogen-bond acceptors (Lipinski definition) is 4. The summed E-state index contributed by atoms with van der Waals surface area (Å²) in [4.78, 5) is 12.9. The summed E-state index contributed by atoms with van der Waals surface area (Å²) in [5.74, 6) is 0.783. The summed E-state index contributed by atoms with van der Waals surface area (Å²) in [6.45, 7) is 6.47. The molecule has 1 N–H and O–H groups in total. The third-order valence-electron chi connectivity index (χ3n) is 2.44. The molecule has 5 heteroatoms. The first-order valence-corrected chi connectivity index (χ1v) is 6.46. The van der Waals surface area contributed by atoms with Crippen LogP contribution in [0.4, 0.5) is 0 Å². The van der Waals surface area contributed by atoms with Gasteiger partial charge in [-0.05, 0) is 0 Å². The van der Waals surface area contributed by atoms with Gasteiger partial charge in [-0.25, -0.2) is 0 Å². The standard InChI is InChI=1S/C10H19NO3S/c1-9(10(12)13)8-15-7-4-11-2-5-14-6-3-11/h9H,2-8H2,1H3,(H,12,13). The number of carboxylic acids is 1. The lowest BCUT2D eigenvalue weighted by Crippen LogP contribution is -2.37. The second-order valence-electron chi connectivity index (χ2n) is 3.77. The fourth-order valence-corrected chi connectivity index (χ4v) is 2.40. The molecule has 1 aliphatic rings. The number of carbonyl (C=O) groups is 1. The van der Waals surface area contributed by atoms with Crippen molar-refractivity contribution in [2.45, 2.75) is 6.92 Å². The molecule has 4 nitrogen and oxygen atoms in total. The summed E-state index contributed by atoms with van der Waals surface area (Å²) < 4.78 is 5.25. The minimum atomic E-state index is -0.700. The summed E-state index contributed by atoms with van der Waals surface area (Å²) in [6, 6.07) is 0. The zero-order valence-corrected chi connectivity index (χ0v) is 9.96. The lowest BCUT2D eigenvalue weighted by atomic mass is 10.2. The number of rotatable bonds is 6. The molecule has 0 radical (unpaired) electrons. The summed E-state index contributed by atoms with van der Waals surface area (Å²) in [5.41, 5.74) is 0. The van der Waals surface area contributed by atoms with E-state index in [0.717, 1.165) is 38.6 Å². The second-order valence-corrected chi connectivity index (χ2v) is 4.92. The van der Waals surface area contributed by atoms with E-state index in [1.165, 1.54) is 0 Å². The van der Waals surface area contributed by atoms with E-state index in [4.69, 9.17) is 9.84 Å². The highest BCUT2D eigenvalue weighted by Gasteiger charge is 2.12. The molecule has 1 rings (SSSR count). The molecule has 1 heterocycles. The Morgan fingerprint density at radius 3 is 2.80 bits per heavy atom. The van der Waals surface area contributed by atoms with Crippen molar-refractivity contribution in [2.24, 2.45) is 5.92 Å². The van der Waals surface area contributed by atoms with Crippen LogP contribution >= 0.6 is 11.8 Å². The van der Waals surface area contributed by atoms with Crippen LogP contribution in [0.2, 0.25) is 0 Å². The number of hydrogen-bond donors (Lipinski definition) is 1. The van der Waals surface area contributed by atoms with Gasteiger partial charge in [0.1, 0.15) is 0 Å². The molecule has 1 aliphatic heterocycles. The van der Waals surface area contributed by atoms with Crippen LogP contribution in [0.1, 0.15) is 6.92 Å². The molecule has 1 atom stereocenters. The zero-order valence-electron chi connectivity index (χ0n) is 9.15. The zero-order chi connectivity index (χ0) is 11.1. The van der Waals surface area contributed by atoms with Gasteiger partial charge < -0.3 is 9.84 Å². The number of ether oxygens (including phenoxy) is 1. The molecule has 0 aromatic carbocycles. The normalized spacial score (nSPS) is 20.1. The van der Waals surface area contributed by atoms with Gasteiger partial charge >= 0.3 is 5.97 Å². The molecular formula is C10H19NO3S. The van der Waals surface area contributed by atoms with Crippen LogP contribution in [0.3, 0.4) is 0 Å². The van der Waals surface area contributed by atoms with Crippen LogP contribution in [0, 0.1) is 5.92 Å². The van der Waals surface area contributed by atoms with Gasteiger partial charge in [0.15, 0.2) is 0 Å². The third-order valence-corrected chi connectivity index (χ3v) is 3.65. The van der Waals surface area contributed by atoms with E-state index >= 15 is 0 Å². The minimum absolute atomic E-state index is 0.236. The number of thioether (sulfide) groups is 1. The van der Waals surface area contributed by atoms with Crippen LogP contribution in [0.15, 0.2) is 0 Å². The van der Waals surface area contributed by atoms with Gasteiger partial charge in [0, 0.05) is 31.1 Å². The number of nitrogens with zero attached hydrogens (tertiary/aromatic N) is 1. The van der Waals surface area contributed by atoms with Gasteiger partial charge in [-0.1, -0.05) is 6.92 Å². The van der Waals surface area contributed by atoms with Crippen LogP contribution in [0.25, 0.3) is 0 Å². The van der Waals surface area contributed by atoms with Gasteiger partial charge in [-0.3, -0.25) is 9.69 Å². The molecule has 1 unspecified atom stereocenters. The van der Waals surface area contributed by atoms with Gasteiger partial charge in [0.25, 0.3) is 0 Å². The number of carboxylic acid groups (broad SMARTS) is 1. The molecule has 0 saturated carbocycles. The molecule has 0 spiro atoms. The maximum Gasteiger partial charge on any atom is 0.307 e. The first kappa shape index (κ1) is 12.8. The summed E-state index contributed by atoms with van der Waals surface area (Å²) in [6.07, 6.45) is 0. The largest absolute Gasteiger partial charge is 0.481 e. The highest BCUT2D eigenvalue weighted by atomic mass is 32.2. The molecule has 0 bridgehead atoms. The smallest absolute Gasteiger partial charge is 0.307 e. The van der Waals surface area contributed by atoms with E-state index in [2.05, 4.69) is 4.90 Å². The highest BCUT2D eigenvalue weighted by molar-refractivity contribution is 7.99. The number of morpholine rings is 1. The summed E-state index contributed by atoms with van der Waals surface area (Å²) in [7, 11) is 0. The average Bonchev–Trinajstić information content (AvgIpc) is 2.25. The Balaban J connectivity index is 1.98. The van der Waals surface area contributed by atoms with E-state index in [1.807, 2.05) is 0 Å². The molecule has 0 aromatic rings. The molecule has 1 saturated heterocycles. The Hall–Kier alpha value is -0.260. The van der Waals surface area contributed by atoms with Crippen molar-refractivity contribution < 1.29 is 14.6 Å². The lowest BCUT2D eigenvalue weighted by Gasteiger charge is -2.26. The Bertz CT molecular complexity index is 195. The lowest BCUT2D eigenvalue weighted by molar-refractivity contribution is -0.140. The van der Waals surface area contributed by atoms with E-state index in [0.29, 0.717) is 5.75 Å². The van der Waals surface area contributed by atoms with E-state index in [9.17, 15) is 4.79 Å². The molecule has 88 valence electrons. The highest BCUT2D eigenvalue weighted by Crippen LogP contribution is 2.09. The van der Waals surface area contributed by atoms with Crippen LogP contribution < -0.4 is 0 Å². The Morgan fingerprint density at radius 2 is 2.20 bits per heavy atom. The predicted molar refractivity (Wildman–Crippen MR) is 61.4 cm³/mol. The van der Waals surface area contributed by atoms with E-state index in [-0.39, 0.29) is 5.92 Å². The summed E-state index contributed by atoms with van der Waals surface area (Å²) in [5, 5.41) is 8.69. The minimum Gasteiger partial charge on any atom is -0.481 e. The Labute approximate surface area is 95.0 Å². The Kier molecular flexibility index (Phi) is 6.05. The van der Waals surface area contributed by atoms with Crippen LogP contribution in [0.5, 0.6) is 0 Å². The predicted octanol–water partition coefficient (Wildman–Crippen LogP) is 0.772. The van der Waals surface area contributed by atoms with Gasteiger partial charge in [0.2, 0.25) is 0 Å². The molecule has 0 aliphatic carbocycles. The van der Waals surface area contributed by atoms with Crippen molar-refractivity contribution in [2.75, 3.05) is 44.4 Å².